The molecule has 0 radical (unpaired) electrons. The second-order valence-electron chi connectivity index (χ2n) is 3.35. The van der Waals surface area contributed by atoms with Gasteiger partial charge in [-0.1, -0.05) is 30.3 Å². The summed E-state index contributed by atoms with van der Waals surface area (Å²) in [5.74, 6) is -0.428. The summed E-state index contributed by atoms with van der Waals surface area (Å²) < 4.78 is 13.5. The molecule has 0 aliphatic rings. The second-order valence-corrected chi connectivity index (χ2v) is 3.35. The molecule has 0 unspecified atom stereocenters. The summed E-state index contributed by atoms with van der Waals surface area (Å²) in [6.45, 7) is 0. The highest BCUT2D eigenvalue weighted by atomic mass is 19.1. The van der Waals surface area contributed by atoms with E-state index in [0.29, 0.717) is 0 Å². The molecule has 1 heterocycles. The Morgan fingerprint density at radius 2 is 1.94 bits per heavy atom. The zero-order valence-corrected chi connectivity index (χ0v) is 8.52. The quantitative estimate of drug-likeness (QED) is 0.767. The maximum absolute atomic E-state index is 13.5. The van der Waals surface area contributed by atoms with E-state index in [2.05, 4.69) is 4.98 Å². The molecule has 0 saturated carbocycles. The van der Waals surface area contributed by atoms with Gasteiger partial charge < -0.3 is 0 Å². The Balaban J connectivity index is 2.39. The number of rotatable bonds is 2. The summed E-state index contributed by atoms with van der Waals surface area (Å²) in [7, 11) is 0. The molecular weight excluding hydrogens is 203 g/mol. The number of halogens is 1. The van der Waals surface area contributed by atoms with E-state index in [1.807, 2.05) is 36.4 Å². The predicted molar refractivity (Wildman–Crippen MR) is 58.9 cm³/mol. The molecule has 0 N–H and O–H groups in total. The Morgan fingerprint density at radius 3 is 2.56 bits per heavy atom. The molecule has 16 heavy (non-hydrogen) atoms. The zero-order valence-electron chi connectivity index (χ0n) is 8.52. The summed E-state index contributed by atoms with van der Waals surface area (Å²) >= 11 is 0. The minimum atomic E-state index is -0.428. The van der Waals surface area contributed by atoms with E-state index in [9.17, 15) is 4.39 Å². The van der Waals surface area contributed by atoms with Gasteiger partial charge in [0, 0.05) is 11.8 Å². The SMILES string of the molecule is N#CCc1ncc(-c2ccccc2)cc1F. The highest BCUT2D eigenvalue weighted by Crippen LogP contribution is 2.19. The average Bonchev–Trinajstić information content (AvgIpc) is 2.33. The molecule has 0 saturated heterocycles. The predicted octanol–water partition coefficient (Wildman–Crippen LogP) is 2.95. The smallest absolute Gasteiger partial charge is 0.146 e. The standard InChI is InChI=1S/C13H9FN2/c14-12-8-11(9-16-13(12)6-7-15)10-4-2-1-3-5-10/h1-5,8-9H,6H2. The van der Waals surface area contributed by atoms with Gasteiger partial charge in [0.25, 0.3) is 0 Å². The molecule has 2 rings (SSSR count). The number of hydrogen-bond donors (Lipinski definition) is 0. The Kier molecular flexibility index (Phi) is 2.93. The van der Waals surface area contributed by atoms with Crippen LogP contribution in [-0.4, -0.2) is 4.98 Å². The lowest BCUT2D eigenvalue weighted by molar-refractivity contribution is 0.606. The third-order valence-electron chi connectivity index (χ3n) is 2.27. The van der Waals surface area contributed by atoms with Crippen LogP contribution in [0, 0.1) is 17.1 Å². The van der Waals surface area contributed by atoms with E-state index in [0.717, 1.165) is 11.1 Å². The largest absolute Gasteiger partial charge is 0.256 e. The molecule has 2 nitrogen and oxygen atoms in total. The lowest BCUT2D eigenvalue weighted by Gasteiger charge is -2.03. The first-order valence-electron chi connectivity index (χ1n) is 4.88. The third-order valence-corrected chi connectivity index (χ3v) is 2.27. The lowest BCUT2D eigenvalue weighted by atomic mass is 10.1. The van der Waals surface area contributed by atoms with Gasteiger partial charge in [-0.3, -0.25) is 4.98 Å². The number of hydrogen-bond acceptors (Lipinski definition) is 2. The minimum absolute atomic E-state index is 0.000896. The van der Waals surface area contributed by atoms with Gasteiger partial charge in [0.1, 0.15) is 5.82 Å². The first-order valence-corrected chi connectivity index (χ1v) is 4.88. The summed E-state index contributed by atoms with van der Waals surface area (Å²) in [6, 6.07) is 12.7. The van der Waals surface area contributed by atoms with E-state index >= 15 is 0 Å². The Hall–Kier alpha value is -2.21. The second kappa shape index (κ2) is 4.54. The van der Waals surface area contributed by atoms with Gasteiger partial charge in [0.15, 0.2) is 0 Å². The fraction of sp³-hybridized carbons (Fsp3) is 0.0769. The molecule has 1 aromatic heterocycles. The van der Waals surface area contributed by atoms with Gasteiger partial charge in [-0.2, -0.15) is 5.26 Å². The first kappa shape index (κ1) is 10.3. The maximum atomic E-state index is 13.5. The highest BCUT2D eigenvalue weighted by Gasteiger charge is 2.05. The van der Waals surface area contributed by atoms with Crippen LogP contribution in [0.4, 0.5) is 4.39 Å². The van der Waals surface area contributed by atoms with Crippen molar-refractivity contribution in [3.05, 3.63) is 54.1 Å². The molecule has 0 atom stereocenters. The Labute approximate surface area is 93.0 Å². The summed E-state index contributed by atoms with van der Waals surface area (Å²) in [5.41, 5.74) is 1.83. The Bertz CT molecular complexity index is 529. The molecule has 2 aromatic rings. The normalized spacial score (nSPS) is 9.75. The van der Waals surface area contributed by atoms with E-state index in [1.54, 1.807) is 6.20 Å². The van der Waals surface area contributed by atoms with Crippen molar-refractivity contribution in [3.8, 4) is 17.2 Å². The van der Waals surface area contributed by atoms with Crippen molar-refractivity contribution in [1.29, 1.82) is 5.26 Å². The summed E-state index contributed by atoms with van der Waals surface area (Å²) in [5, 5.41) is 8.47. The number of nitriles is 1. The van der Waals surface area contributed by atoms with Crippen LogP contribution in [0.15, 0.2) is 42.6 Å². The van der Waals surface area contributed by atoms with E-state index in [4.69, 9.17) is 5.26 Å². The van der Waals surface area contributed by atoms with Crippen LogP contribution in [0.3, 0.4) is 0 Å². The monoisotopic (exact) mass is 212 g/mol. The Morgan fingerprint density at radius 1 is 1.19 bits per heavy atom. The fourth-order valence-electron chi connectivity index (χ4n) is 1.46. The van der Waals surface area contributed by atoms with Crippen LogP contribution in [0.25, 0.3) is 11.1 Å². The summed E-state index contributed by atoms with van der Waals surface area (Å²) in [4.78, 5) is 3.95. The van der Waals surface area contributed by atoms with Crippen LogP contribution in [0.1, 0.15) is 5.69 Å². The van der Waals surface area contributed by atoms with E-state index in [-0.39, 0.29) is 12.1 Å². The van der Waals surface area contributed by atoms with Crippen molar-refractivity contribution < 1.29 is 4.39 Å². The number of benzene rings is 1. The van der Waals surface area contributed by atoms with E-state index in [1.165, 1.54) is 6.07 Å². The van der Waals surface area contributed by atoms with Crippen LogP contribution < -0.4 is 0 Å². The topological polar surface area (TPSA) is 36.7 Å². The molecule has 3 heteroatoms. The van der Waals surface area contributed by atoms with Gasteiger partial charge in [-0.15, -0.1) is 0 Å². The van der Waals surface area contributed by atoms with Crippen LogP contribution in [0.5, 0.6) is 0 Å². The molecule has 78 valence electrons. The molecule has 0 amide bonds. The van der Waals surface area contributed by atoms with Crippen molar-refractivity contribution >= 4 is 0 Å². The van der Waals surface area contributed by atoms with Gasteiger partial charge >= 0.3 is 0 Å². The van der Waals surface area contributed by atoms with Crippen molar-refractivity contribution in [3.63, 3.8) is 0 Å². The molecule has 0 aliphatic carbocycles. The van der Waals surface area contributed by atoms with Gasteiger partial charge in [-0.25, -0.2) is 4.39 Å². The van der Waals surface area contributed by atoms with Crippen LogP contribution in [0.2, 0.25) is 0 Å². The van der Waals surface area contributed by atoms with Crippen LogP contribution in [-0.2, 0) is 6.42 Å². The van der Waals surface area contributed by atoms with Gasteiger partial charge in [0.05, 0.1) is 18.2 Å². The van der Waals surface area contributed by atoms with Crippen molar-refractivity contribution in [2.75, 3.05) is 0 Å². The van der Waals surface area contributed by atoms with Gasteiger partial charge in [-0.05, 0) is 11.6 Å². The fourth-order valence-corrected chi connectivity index (χ4v) is 1.46. The van der Waals surface area contributed by atoms with E-state index < -0.39 is 5.82 Å². The number of aromatic nitrogens is 1. The molecule has 0 bridgehead atoms. The molecule has 0 fully saturated rings. The molecule has 0 aliphatic heterocycles. The third kappa shape index (κ3) is 2.06. The van der Waals surface area contributed by atoms with Gasteiger partial charge in [0.2, 0.25) is 0 Å². The van der Waals surface area contributed by atoms with Crippen LogP contribution >= 0.6 is 0 Å². The number of nitrogens with zero attached hydrogens (tertiary/aromatic N) is 2. The maximum Gasteiger partial charge on any atom is 0.146 e. The van der Waals surface area contributed by atoms with Crippen molar-refractivity contribution in [2.45, 2.75) is 6.42 Å². The lowest BCUT2D eigenvalue weighted by Crippen LogP contribution is -1.94. The molecule has 0 spiro atoms. The zero-order chi connectivity index (χ0) is 11.4. The minimum Gasteiger partial charge on any atom is -0.256 e. The van der Waals surface area contributed by atoms with Crippen molar-refractivity contribution in [1.82, 2.24) is 4.98 Å². The molecular formula is C13H9FN2. The highest BCUT2D eigenvalue weighted by molar-refractivity contribution is 5.62. The van der Waals surface area contributed by atoms with Crippen molar-refractivity contribution in [2.24, 2.45) is 0 Å². The average molecular weight is 212 g/mol. The first-order chi connectivity index (χ1) is 7.81. The molecule has 1 aromatic carbocycles. The summed E-state index contributed by atoms with van der Waals surface area (Å²) in [6.07, 6.45) is 1.59. The number of pyridine rings is 1.